The van der Waals surface area contributed by atoms with Crippen molar-refractivity contribution < 1.29 is 80.2 Å². The highest BCUT2D eigenvalue weighted by molar-refractivity contribution is 7.47. The molecule has 19 heteroatoms. The smallest absolute Gasteiger partial charge is 0.462 e. The highest BCUT2D eigenvalue weighted by Crippen LogP contribution is 2.45. The minimum Gasteiger partial charge on any atom is -0.462 e. The first-order valence-electron chi connectivity index (χ1n) is 34.5. The third-order valence-electron chi connectivity index (χ3n) is 15.2. The van der Waals surface area contributed by atoms with Crippen LogP contribution >= 0.6 is 15.6 Å². The van der Waals surface area contributed by atoms with Crippen LogP contribution in [0.1, 0.15) is 330 Å². The summed E-state index contributed by atoms with van der Waals surface area (Å²) in [5, 5.41) is 10.5. The van der Waals surface area contributed by atoms with Crippen LogP contribution in [0.15, 0.2) is 0 Å². The summed E-state index contributed by atoms with van der Waals surface area (Å²) < 4.78 is 67.9. The van der Waals surface area contributed by atoms with Gasteiger partial charge < -0.3 is 33.8 Å². The van der Waals surface area contributed by atoms with E-state index in [1.165, 1.54) is 141 Å². The van der Waals surface area contributed by atoms with Crippen LogP contribution in [0.3, 0.4) is 0 Å². The molecular weight excluding hydrogens is 1130 g/mol. The van der Waals surface area contributed by atoms with Gasteiger partial charge in [-0.1, -0.05) is 279 Å². The molecule has 0 fully saturated rings. The summed E-state index contributed by atoms with van der Waals surface area (Å²) in [4.78, 5) is 72.0. The number of phosphoric acid groups is 2. The maximum atomic E-state index is 13.0. The molecule has 0 aliphatic heterocycles. The van der Waals surface area contributed by atoms with Gasteiger partial charge in [-0.25, -0.2) is 9.13 Å². The fraction of sp³-hybridized carbons (Fsp3) is 0.939. The lowest BCUT2D eigenvalue weighted by Crippen LogP contribution is -2.30. The molecule has 0 aliphatic rings. The third-order valence-corrected chi connectivity index (χ3v) is 17.1. The molecular formula is C66H128O17P2. The van der Waals surface area contributed by atoms with Crippen LogP contribution < -0.4 is 0 Å². The quantitative estimate of drug-likeness (QED) is 0.0222. The Balaban J connectivity index is 5.16. The van der Waals surface area contributed by atoms with Gasteiger partial charge in [0.1, 0.15) is 19.3 Å². The van der Waals surface area contributed by atoms with Gasteiger partial charge in [-0.2, -0.15) is 0 Å². The van der Waals surface area contributed by atoms with E-state index in [-0.39, 0.29) is 25.7 Å². The van der Waals surface area contributed by atoms with Gasteiger partial charge in [0.15, 0.2) is 12.2 Å². The molecule has 5 atom stereocenters. The summed E-state index contributed by atoms with van der Waals surface area (Å²) in [6.07, 6.45) is 42.3. The summed E-state index contributed by atoms with van der Waals surface area (Å²) >= 11 is 0. The second kappa shape index (κ2) is 58.4. The summed E-state index contributed by atoms with van der Waals surface area (Å²) in [5.74, 6) is -0.704. The number of carbonyl (C=O) groups excluding carboxylic acids is 4. The van der Waals surface area contributed by atoms with Gasteiger partial charge in [0.05, 0.1) is 26.4 Å². The predicted molar refractivity (Wildman–Crippen MR) is 340 cm³/mol. The number of hydrogen-bond donors (Lipinski definition) is 3. The standard InChI is InChI=1S/C66H128O17P2/c1-7-9-11-13-14-15-16-17-18-19-20-21-24-28-31-38-44-50-65(70)82-62(55-77-64(69)49-43-37-30-27-25-22-23-26-29-35-40-46-58(3)4)57-81-85(74,75)79-53-60(67)52-78-84(72,73)80-56-61(54-76-63(68)48-42-34-12-10-8-2)83-66(71)51-45-39-33-32-36-41-47-59(5)6/h58-62,67H,7-57H2,1-6H3,(H,72,73)(H,74,75)/t60-,61+,62+/m0/s1. The fourth-order valence-corrected chi connectivity index (χ4v) is 11.5. The van der Waals surface area contributed by atoms with Crippen LogP contribution in [0, 0.1) is 11.8 Å². The molecule has 0 saturated heterocycles. The highest BCUT2D eigenvalue weighted by atomic mass is 31.2. The number of carbonyl (C=O) groups is 4. The number of phosphoric ester groups is 2. The summed E-state index contributed by atoms with van der Waals surface area (Å²) in [7, 11) is -9.88. The van der Waals surface area contributed by atoms with Gasteiger partial charge in [-0.05, 0) is 37.5 Å². The molecule has 17 nitrogen and oxygen atoms in total. The van der Waals surface area contributed by atoms with Crippen molar-refractivity contribution >= 4 is 39.5 Å². The molecule has 0 spiro atoms. The number of unbranched alkanes of at least 4 members (excludes halogenated alkanes) is 35. The lowest BCUT2D eigenvalue weighted by molar-refractivity contribution is -0.161. The zero-order valence-corrected chi connectivity index (χ0v) is 56.7. The average molecular weight is 1260 g/mol. The third kappa shape index (κ3) is 60.7. The van der Waals surface area contributed by atoms with E-state index in [9.17, 15) is 43.2 Å². The second-order valence-corrected chi connectivity index (χ2v) is 27.7. The van der Waals surface area contributed by atoms with E-state index in [4.69, 9.17) is 37.0 Å². The molecule has 0 aliphatic carbocycles. The minimum atomic E-state index is -4.95. The predicted octanol–water partition coefficient (Wildman–Crippen LogP) is 18.4. The van der Waals surface area contributed by atoms with E-state index in [1.54, 1.807) is 0 Å². The molecule has 3 N–H and O–H groups in total. The average Bonchev–Trinajstić information content (AvgIpc) is 3.48. The molecule has 85 heavy (non-hydrogen) atoms. The van der Waals surface area contributed by atoms with Crippen molar-refractivity contribution in [3.8, 4) is 0 Å². The molecule has 504 valence electrons. The van der Waals surface area contributed by atoms with E-state index in [0.29, 0.717) is 31.6 Å². The van der Waals surface area contributed by atoms with E-state index in [0.717, 1.165) is 102 Å². The Morgan fingerprint density at radius 3 is 0.800 bits per heavy atom. The number of hydrogen-bond acceptors (Lipinski definition) is 15. The Hall–Kier alpha value is -1.94. The molecule has 0 bridgehead atoms. The lowest BCUT2D eigenvalue weighted by Gasteiger charge is -2.21. The van der Waals surface area contributed by atoms with Crippen LogP contribution in [-0.2, 0) is 65.4 Å². The summed E-state index contributed by atoms with van der Waals surface area (Å²) in [6.45, 7) is 9.34. The number of aliphatic hydroxyl groups excluding tert-OH is 1. The molecule has 0 aromatic rings. The largest absolute Gasteiger partial charge is 0.472 e. The number of esters is 4. The summed E-state index contributed by atoms with van der Waals surface area (Å²) in [6, 6.07) is 0. The van der Waals surface area contributed by atoms with Crippen LogP contribution in [-0.4, -0.2) is 96.7 Å². The van der Waals surface area contributed by atoms with Gasteiger partial charge in [-0.3, -0.25) is 37.3 Å². The molecule has 2 unspecified atom stereocenters. The zero-order valence-electron chi connectivity index (χ0n) is 54.9. The Kier molecular flexibility index (Phi) is 57.1. The highest BCUT2D eigenvalue weighted by Gasteiger charge is 2.30. The van der Waals surface area contributed by atoms with Crippen LogP contribution in [0.25, 0.3) is 0 Å². The minimum absolute atomic E-state index is 0.101. The molecule has 0 rings (SSSR count). The Labute approximate surface area is 517 Å². The van der Waals surface area contributed by atoms with E-state index < -0.39 is 97.5 Å². The first-order chi connectivity index (χ1) is 40.9. The Morgan fingerprint density at radius 1 is 0.318 bits per heavy atom. The number of aliphatic hydroxyl groups is 1. The molecule has 0 radical (unpaired) electrons. The molecule has 0 saturated carbocycles. The normalized spacial score (nSPS) is 14.2. The summed E-state index contributed by atoms with van der Waals surface area (Å²) in [5.41, 5.74) is 0. The van der Waals surface area contributed by atoms with Crippen molar-refractivity contribution in [3.63, 3.8) is 0 Å². The van der Waals surface area contributed by atoms with Crippen molar-refractivity contribution in [2.45, 2.75) is 349 Å². The van der Waals surface area contributed by atoms with Crippen LogP contribution in [0.5, 0.6) is 0 Å². The lowest BCUT2D eigenvalue weighted by atomic mass is 10.0. The van der Waals surface area contributed by atoms with E-state index in [1.807, 2.05) is 0 Å². The Bertz CT molecular complexity index is 1670. The fourth-order valence-electron chi connectivity index (χ4n) is 9.88. The zero-order chi connectivity index (χ0) is 62.9. The first kappa shape index (κ1) is 83.1. The van der Waals surface area contributed by atoms with Gasteiger partial charge in [0, 0.05) is 25.7 Å². The van der Waals surface area contributed by atoms with Crippen LogP contribution in [0.4, 0.5) is 0 Å². The second-order valence-electron chi connectivity index (χ2n) is 24.8. The monoisotopic (exact) mass is 1250 g/mol. The maximum absolute atomic E-state index is 13.0. The maximum Gasteiger partial charge on any atom is 0.472 e. The number of ether oxygens (including phenoxy) is 4. The van der Waals surface area contributed by atoms with Crippen molar-refractivity contribution in [3.05, 3.63) is 0 Å². The molecule has 0 aromatic carbocycles. The molecule has 0 heterocycles. The topological polar surface area (TPSA) is 237 Å². The van der Waals surface area contributed by atoms with Gasteiger partial charge >= 0.3 is 39.5 Å². The van der Waals surface area contributed by atoms with Crippen molar-refractivity contribution in [2.24, 2.45) is 11.8 Å². The van der Waals surface area contributed by atoms with Crippen molar-refractivity contribution in [2.75, 3.05) is 39.6 Å². The van der Waals surface area contributed by atoms with E-state index >= 15 is 0 Å². The van der Waals surface area contributed by atoms with Crippen molar-refractivity contribution in [1.29, 1.82) is 0 Å². The first-order valence-corrected chi connectivity index (χ1v) is 37.5. The van der Waals surface area contributed by atoms with Crippen molar-refractivity contribution in [1.82, 2.24) is 0 Å². The molecule has 0 amide bonds. The van der Waals surface area contributed by atoms with Crippen LogP contribution in [0.2, 0.25) is 0 Å². The van der Waals surface area contributed by atoms with E-state index in [2.05, 4.69) is 41.5 Å². The molecule has 0 aromatic heterocycles. The SMILES string of the molecule is CCCCCCCCCCCCCCCCCCCC(=O)O[C@H](COC(=O)CCCCCCCCCCCCCC(C)C)COP(=O)(O)OC[C@@H](O)COP(=O)(O)OC[C@@H](COC(=O)CCCCCCC)OC(=O)CCCCCCCCC(C)C. The Morgan fingerprint density at radius 2 is 0.541 bits per heavy atom. The van der Waals surface area contributed by atoms with Gasteiger partial charge in [0.2, 0.25) is 0 Å². The number of rotatable bonds is 65. The van der Waals surface area contributed by atoms with Gasteiger partial charge in [0.25, 0.3) is 0 Å². The van der Waals surface area contributed by atoms with Gasteiger partial charge in [-0.15, -0.1) is 0 Å².